The number of hydrogen-bond acceptors (Lipinski definition) is 3. The van der Waals surface area contributed by atoms with E-state index in [0.717, 1.165) is 30.1 Å². The zero-order valence-corrected chi connectivity index (χ0v) is 15.7. The van der Waals surface area contributed by atoms with E-state index < -0.39 is 9.84 Å². The van der Waals surface area contributed by atoms with E-state index in [1.54, 1.807) is 0 Å². The van der Waals surface area contributed by atoms with Crippen molar-refractivity contribution in [3.63, 3.8) is 0 Å². The van der Waals surface area contributed by atoms with E-state index in [-0.39, 0.29) is 11.3 Å². The fourth-order valence-electron chi connectivity index (χ4n) is 2.46. The normalized spacial score (nSPS) is 23.1. The Labute approximate surface area is 134 Å². The largest absolute Gasteiger partial charge is 0.381 e. The van der Waals surface area contributed by atoms with Gasteiger partial charge in [0.25, 0.3) is 0 Å². The number of hydrogen-bond donors (Lipinski definition) is 0. The third kappa shape index (κ3) is 5.29. The topological polar surface area (TPSA) is 43.4 Å². The molecule has 0 amide bonds. The summed E-state index contributed by atoms with van der Waals surface area (Å²) in [7, 11) is -2.83. The molecule has 0 spiro atoms. The Morgan fingerprint density at radius 2 is 1.95 bits per heavy atom. The number of rotatable bonds is 8. The Morgan fingerprint density at radius 1 is 1.32 bits per heavy atom. The second-order valence-electron chi connectivity index (χ2n) is 5.95. The molecule has 0 bridgehead atoms. The number of halogens is 2. The first-order valence-electron chi connectivity index (χ1n) is 6.75. The van der Waals surface area contributed by atoms with Crippen LogP contribution in [-0.2, 0) is 14.6 Å². The zero-order valence-electron chi connectivity index (χ0n) is 11.7. The molecule has 1 saturated heterocycles. The van der Waals surface area contributed by atoms with Crippen molar-refractivity contribution in [1.29, 1.82) is 0 Å². The molecular weight excluding hydrogens is 396 g/mol. The van der Waals surface area contributed by atoms with Crippen molar-refractivity contribution < 1.29 is 13.2 Å². The lowest BCUT2D eigenvalue weighted by Crippen LogP contribution is -2.36. The molecule has 0 saturated carbocycles. The molecule has 1 rings (SSSR count). The summed E-state index contributed by atoms with van der Waals surface area (Å²) in [5.41, 5.74) is -0.0133. The van der Waals surface area contributed by atoms with Gasteiger partial charge in [0, 0.05) is 23.9 Å². The lowest BCUT2D eigenvalue weighted by atomic mass is 9.76. The van der Waals surface area contributed by atoms with E-state index >= 15 is 0 Å². The van der Waals surface area contributed by atoms with Crippen molar-refractivity contribution >= 4 is 41.7 Å². The summed E-state index contributed by atoms with van der Waals surface area (Å²) in [4.78, 5) is 0. The molecule has 0 N–H and O–H groups in total. The van der Waals surface area contributed by atoms with Crippen LogP contribution >= 0.6 is 31.9 Å². The Kier molecular flexibility index (Phi) is 7.32. The van der Waals surface area contributed by atoms with Crippen LogP contribution in [0.2, 0.25) is 0 Å². The van der Waals surface area contributed by atoms with Gasteiger partial charge in [-0.15, -0.1) is 0 Å². The van der Waals surface area contributed by atoms with Crippen molar-refractivity contribution in [2.24, 2.45) is 17.3 Å². The Bertz CT molecular complexity index is 364. The predicted octanol–water partition coefficient (Wildman–Crippen LogP) is 3.26. The lowest BCUT2D eigenvalue weighted by Gasteiger charge is -2.35. The predicted molar refractivity (Wildman–Crippen MR) is 87.1 cm³/mol. The second kappa shape index (κ2) is 7.76. The van der Waals surface area contributed by atoms with E-state index in [1.807, 2.05) is 0 Å². The smallest absolute Gasteiger partial charge is 0.150 e. The molecule has 0 aromatic carbocycles. The summed E-state index contributed by atoms with van der Waals surface area (Å²) in [5.74, 6) is 1.44. The van der Waals surface area contributed by atoms with Gasteiger partial charge in [-0.05, 0) is 30.1 Å². The van der Waals surface area contributed by atoms with E-state index in [4.69, 9.17) is 4.74 Å². The van der Waals surface area contributed by atoms with Crippen molar-refractivity contribution in [3.8, 4) is 0 Å². The Morgan fingerprint density at radius 3 is 2.37 bits per heavy atom. The average molecular weight is 420 g/mol. The molecule has 1 fully saturated rings. The number of ether oxygens (including phenoxy) is 1. The summed E-state index contributed by atoms with van der Waals surface area (Å²) in [6, 6.07) is 0. The fraction of sp³-hybridized carbons (Fsp3) is 1.00. The third-order valence-corrected chi connectivity index (χ3v) is 7.83. The Balaban J connectivity index is 2.59. The molecule has 1 atom stereocenters. The second-order valence-corrected chi connectivity index (χ2v) is 9.30. The molecule has 0 aliphatic carbocycles. The van der Waals surface area contributed by atoms with Crippen LogP contribution in [0.4, 0.5) is 0 Å². The molecule has 6 heteroatoms. The van der Waals surface area contributed by atoms with Gasteiger partial charge in [0.2, 0.25) is 0 Å². The van der Waals surface area contributed by atoms with E-state index in [2.05, 4.69) is 45.7 Å². The minimum absolute atomic E-state index is 0.0133. The van der Waals surface area contributed by atoms with Crippen molar-refractivity contribution in [2.45, 2.75) is 26.7 Å². The van der Waals surface area contributed by atoms with Crippen LogP contribution in [0.15, 0.2) is 0 Å². The van der Waals surface area contributed by atoms with Gasteiger partial charge >= 0.3 is 0 Å². The standard InChI is InChI=1S/C13H24Br2O3S/c1-11(2)7-18-5-4-13(9-14,10-15)12-3-6-19(16,17)8-12/h11-12H,3-10H2,1-2H3. The summed E-state index contributed by atoms with van der Waals surface area (Å²) in [6.45, 7) is 5.73. The molecule has 0 aromatic rings. The van der Waals surface area contributed by atoms with Gasteiger partial charge in [0.1, 0.15) is 0 Å². The van der Waals surface area contributed by atoms with Gasteiger partial charge in [-0.2, -0.15) is 0 Å². The fourth-order valence-corrected chi connectivity index (χ4v) is 6.81. The van der Waals surface area contributed by atoms with Crippen LogP contribution < -0.4 is 0 Å². The van der Waals surface area contributed by atoms with Crippen molar-refractivity contribution in [1.82, 2.24) is 0 Å². The molecule has 114 valence electrons. The molecule has 1 heterocycles. The molecule has 1 unspecified atom stereocenters. The van der Waals surface area contributed by atoms with Crippen LogP contribution in [-0.4, -0.2) is 43.8 Å². The van der Waals surface area contributed by atoms with Crippen LogP contribution in [0.5, 0.6) is 0 Å². The summed E-state index contributed by atoms with van der Waals surface area (Å²) >= 11 is 7.16. The van der Waals surface area contributed by atoms with Crippen LogP contribution in [0, 0.1) is 17.3 Å². The highest BCUT2D eigenvalue weighted by Crippen LogP contribution is 2.41. The molecule has 3 nitrogen and oxygen atoms in total. The van der Waals surface area contributed by atoms with Gasteiger partial charge in [0.05, 0.1) is 11.5 Å². The van der Waals surface area contributed by atoms with E-state index in [9.17, 15) is 8.42 Å². The number of alkyl halides is 2. The SMILES string of the molecule is CC(C)COCCC(CBr)(CBr)C1CCS(=O)(=O)C1. The quantitative estimate of drug-likeness (QED) is 0.448. The minimum atomic E-state index is -2.83. The maximum atomic E-state index is 11.7. The van der Waals surface area contributed by atoms with E-state index in [0.29, 0.717) is 24.0 Å². The zero-order chi connectivity index (χ0) is 14.5. The highest BCUT2D eigenvalue weighted by molar-refractivity contribution is 9.09. The Hall–Kier alpha value is 0.870. The maximum absolute atomic E-state index is 11.7. The molecule has 0 aromatic heterocycles. The van der Waals surface area contributed by atoms with Crippen molar-refractivity contribution in [3.05, 3.63) is 0 Å². The van der Waals surface area contributed by atoms with Crippen molar-refractivity contribution in [2.75, 3.05) is 35.4 Å². The van der Waals surface area contributed by atoms with Gasteiger partial charge < -0.3 is 4.74 Å². The summed E-state index contributed by atoms with van der Waals surface area (Å²) in [6.07, 6.45) is 1.68. The minimum Gasteiger partial charge on any atom is -0.381 e. The first kappa shape index (κ1) is 17.9. The average Bonchev–Trinajstić information content (AvgIpc) is 2.71. The summed E-state index contributed by atoms with van der Waals surface area (Å²) < 4.78 is 29.0. The first-order valence-corrected chi connectivity index (χ1v) is 10.8. The monoisotopic (exact) mass is 418 g/mol. The maximum Gasteiger partial charge on any atom is 0.150 e. The van der Waals surface area contributed by atoms with Gasteiger partial charge in [-0.3, -0.25) is 0 Å². The van der Waals surface area contributed by atoms with Crippen LogP contribution in [0.25, 0.3) is 0 Å². The summed E-state index contributed by atoms with van der Waals surface area (Å²) in [5, 5.41) is 1.63. The van der Waals surface area contributed by atoms with Gasteiger partial charge in [0.15, 0.2) is 9.84 Å². The third-order valence-electron chi connectivity index (χ3n) is 3.83. The van der Waals surface area contributed by atoms with Gasteiger partial charge in [-0.1, -0.05) is 45.7 Å². The number of sulfone groups is 1. The van der Waals surface area contributed by atoms with Crippen LogP contribution in [0.1, 0.15) is 26.7 Å². The highest BCUT2D eigenvalue weighted by atomic mass is 79.9. The molecular formula is C13H24Br2O3S. The molecule has 19 heavy (non-hydrogen) atoms. The highest BCUT2D eigenvalue weighted by Gasteiger charge is 2.43. The molecule has 1 aliphatic rings. The van der Waals surface area contributed by atoms with Gasteiger partial charge in [-0.25, -0.2) is 8.42 Å². The first-order chi connectivity index (χ1) is 8.85. The molecule has 1 aliphatic heterocycles. The molecule has 0 radical (unpaired) electrons. The van der Waals surface area contributed by atoms with Crippen LogP contribution in [0.3, 0.4) is 0 Å². The lowest BCUT2D eigenvalue weighted by molar-refractivity contribution is 0.0744. The van der Waals surface area contributed by atoms with E-state index in [1.165, 1.54) is 0 Å².